The summed E-state index contributed by atoms with van der Waals surface area (Å²) in [5.41, 5.74) is 0.454. The summed E-state index contributed by atoms with van der Waals surface area (Å²) in [7, 11) is 0. The fourth-order valence-electron chi connectivity index (χ4n) is 1.24. The van der Waals surface area contributed by atoms with Crippen LogP contribution in [0, 0.1) is 17.2 Å². The van der Waals surface area contributed by atoms with Crippen LogP contribution in [0.4, 0.5) is 0 Å². The van der Waals surface area contributed by atoms with Crippen LogP contribution >= 0.6 is 0 Å². The summed E-state index contributed by atoms with van der Waals surface area (Å²) in [6.45, 7) is 0.637. The second kappa shape index (κ2) is 4.05. The van der Waals surface area contributed by atoms with Crippen molar-refractivity contribution in [2.24, 2.45) is 5.92 Å². The molecule has 1 aromatic rings. The average Bonchev–Trinajstić information content (AvgIpc) is 3.03. The third kappa shape index (κ3) is 2.19. The Morgan fingerprint density at radius 3 is 3.14 bits per heavy atom. The van der Waals surface area contributed by atoms with E-state index in [1.807, 2.05) is 6.07 Å². The van der Waals surface area contributed by atoms with Gasteiger partial charge in [-0.05, 0) is 18.4 Å². The van der Waals surface area contributed by atoms with Crippen LogP contribution in [-0.4, -0.2) is 16.8 Å². The maximum absolute atomic E-state index is 8.74. The molecule has 0 aromatic carbocycles. The first kappa shape index (κ1) is 8.95. The van der Waals surface area contributed by atoms with Crippen LogP contribution < -0.4 is 4.74 Å². The summed E-state index contributed by atoms with van der Waals surface area (Å²) in [4.78, 5) is 0. The lowest BCUT2D eigenvalue weighted by Gasteiger charge is -2.03. The van der Waals surface area contributed by atoms with Crippen LogP contribution in [0.1, 0.15) is 24.8 Å². The number of nitriles is 1. The topological polar surface area (TPSA) is 58.8 Å². The molecule has 0 amide bonds. The van der Waals surface area contributed by atoms with Gasteiger partial charge in [0.15, 0.2) is 0 Å². The van der Waals surface area contributed by atoms with Crippen molar-refractivity contribution in [1.29, 1.82) is 5.26 Å². The molecule has 0 aliphatic heterocycles. The number of rotatable bonds is 4. The fraction of sp³-hybridized carbons (Fsp3) is 0.500. The summed E-state index contributed by atoms with van der Waals surface area (Å²) >= 11 is 0. The molecule has 1 aliphatic carbocycles. The normalized spacial score (nSPS) is 14.8. The van der Waals surface area contributed by atoms with Crippen molar-refractivity contribution < 1.29 is 4.74 Å². The second-order valence-corrected chi connectivity index (χ2v) is 3.44. The summed E-state index contributed by atoms with van der Waals surface area (Å²) in [5.74, 6) is 1.19. The first-order chi connectivity index (χ1) is 6.90. The Kier molecular flexibility index (Phi) is 2.59. The highest BCUT2D eigenvalue weighted by Crippen LogP contribution is 2.32. The minimum Gasteiger partial charge on any atom is -0.476 e. The molecule has 4 heteroatoms. The zero-order valence-electron chi connectivity index (χ0n) is 7.81. The van der Waals surface area contributed by atoms with E-state index in [-0.39, 0.29) is 0 Å². The van der Waals surface area contributed by atoms with Crippen molar-refractivity contribution in [3.05, 3.63) is 17.8 Å². The highest BCUT2D eigenvalue weighted by atomic mass is 16.5. The van der Waals surface area contributed by atoms with Crippen LogP contribution in [0.2, 0.25) is 0 Å². The van der Waals surface area contributed by atoms with Gasteiger partial charge in [0, 0.05) is 0 Å². The van der Waals surface area contributed by atoms with Gasteiger partial charge in [0.2, 0.25) is 0 Å². The molecule has 1 aliphatic rings. The molecule has 0 unspecified atom stereocenters. The maximum atomic E-state index is 8.74. The summed E-state index contributed by atoms with van der Waals surface area (Å²) in [6, 6.07) is 3.63. The number of hydrogen-bond donors (Lipinski definition) is 0. The monoisotopic (exact) mass is 189 g/mol. The molecular weight excluding hydrogens is 178 g/mol. The van der Waals surface area contributed by atoms with Crippen LogP contribution in [-0.2, 0) is 0 Å². The van der Waals surface area contributed by atoms with Crippen LogP contribution in [0.3, 0.4) is 0 Å². The van der Waals surface area contributed by atoms with E-state index in [2.05, 4.69) is 10.2 Å². The van der Waals surface area contributed by atoms with Crippen LogP contribution in [0.25, 0.3) is 0 Å². The molecule has 0 spiro atoms. The van der Waals surface area contributed by atoms with Gasteiger partial charge in [-0.25, -0.2) is 0 Å². The lowest BCUT2D eigenvalue weighted by molar-refractivity contribution is 0.287. The Bertz CT molecular complexity index is 355. The first-order valence-corrected chi connectivity index (χ1v) is 4.74. The van der Waals surface area contributed by atoms with Crippen molar-refractivity contribution >= 4 is 0 Å². The van der Waals surface area contributed by atoms with E-state index in [1.165, 1.54) is 19.0 Å². The standard InChI is InChI=1S/C10H11N3O/c11-7-9-3-5-12-13-10(9)14-6-4-8-1-2-8/h3,5,8H,1-2,4,6H2. The van der Waals surface area contributed by atoms with Gasteiger partial charge in [0.05, 0.1) is 12.8 Å². The summed E-state index contributed by atoms with van der Waals surface area (Å²) < 4.78 is 5.38. The van der Waals surface area contributed by atoms with Crippen LogP contribution in [0.15, 0.2) is 12.3 Å². The molecule has 1 saturated carbocycles. The predicted octanol–water partition coefficient (Wildman–Crippen LogP) is 1.53. The maximum Gasteiger partial charge on any atom is 0.251 e. The average molecular weight is 189 g/mol. The summed E-state index contributed by atoms with van der Waals surface area (Å²) in [6.07, 6.45) is 5.18. The van der Waals surface area contributed by atoms with Gasteiger partial charge in [-0.3, -0.25) is 0 Å². The van der Waals surface area contributed by atoms with Gasteiger partial charge in [-0.15, -0.1) is 5.10 Å². The molecule has 2 rings (SSSR count). The SMILES string of the molecule is N#Cc1ccnnc1OCCC1CC1. The zero-order valence-corrected chi connectivity index (χ0v) is 7.81. The molecule has 14 heavy (non-hydrogen) atoms. The second-order valence-electron chi connectivity index (χ2n) is 3.44. The Balaban J connectivity index is 1.90. The van der Waals surface area contributed by atoms with Gasteiger partial charge in [0.1, 0.15) is 11.6 Å². The van der Waals surface area contributed by atoms with E-state index in [0.29, 0.717) is 18.1 Å². The quantitative estimate of drug-likeness (QED) is 0.720. The van der Waals surface area contributed by atoms with Crippen molar-refractivity contribution in [2.75, 3.05) is 6.61 Å². The predicted molar refractivity (Wildman–Crippen MR) is 49.6 cm³/mol. The highest BCUT2D eigenvalue weighted by Gasteiger charge is 2.21. The lowest BCUT2D eigenvalue weighted by atomic mass is 10.3. The van der Waals surface area contributed by atoms with Crippen molar-refractivity contribution in [1.82, 2.24) is 10.2 Å². The number of nitrogens with zero attached hydrogens (tertiary/aromatic N) is 3. The molecule has 0 N–H and O–H groups in total. The Labute approximate surface area is 82.5 Å². The van der Waals surface area contributed by atoms with Crippen molar-refractivity contribution in [3.63, 3.8) is 0 Å². The smallest absolute Gasteiger partial charge is 0.251 e. The lowest BCUT2D eigenvalue weighted by Crippen LogP contribution is -2.02. The van der Waals surface area contributed by atoms with Gasteiger partial charge < -0.3 is 4.74 Å². The number of hydrogen-bond acceptors (Lipinski definition) is 4. The molecule has 0 bridgehead atoms. The third-order valence-electron chi connectivity index (χ3n) is 2.27. The molecule has 0 saturated heterocycles. The molecule has 0 atom stereocenters. The molecule has 0 radical (unpaired) electrons. The van der Waals surface area contributed by atoms with Gasteiger partial charge in [-0.1, -0.05) is 12.8 Å². The number of aromatic nitrogens is 2. The molecule has 1 fully saturated rings. The molecule has 4 nitrogen and oxygen atoms in total. The van der Waals surface area contributed by atoms with E-state index in [9.17, 15) is 0 Å². The van der Waals surface area contributed by atoms with Gasteiger partial charge >= 0.3 is 0 Å². The fourth-order valence-corrected chi connectivity index (χ4v) is 1.24. The van der Waals surface area contributed by atoms with E-state index in [1.54, 1.807) is 6.07 Å². The van der Waals surface area contributed by atoms with Crippen molar-refractivity contribution in [2.45, 2.75) is 19.3 Å². The zero-order chi connectivity index (χ0) is 9.80. The first-order valence-electron chi connectivity index (χ1n) is 4.74. The molecular formula is C10H11N3O. The van der Waals surface area contributed by atoms with E-state index < -0.39 is 0 Å². The Hall–Kier alpha value is -1.63. The van der Waals surface area contributed by atoms with Gasteiger partial charge in [0.25, 0.3) is 5.88 Å². The molecule has 72 valence electrons. The van der Waals surface area contributed by atoms with E-state index in [0.717, 1.165) is 12.3 Å². The Morgan fingerprint density at radius 2 is 2.43 bits per heavy atom. The van der Waals surface area contributed by atoms with E-state index in [4.69, 9.17) is 10.00 Å². The highest BCUT2D eigenvalue weighted by molar-refractivity contribution is 5.35. The minimum atomic E-state index is 0.357. The van der Waals surface area contributed by atoms with Crippen molar-refractivity contribution in [3.8, 4) is 11.9 Å². The van der Waals surface area contributed by atoms with E-state index >= 15 is 0 Å². The third-order valence-corrected chi connectivity index (χ3v) is 2.27. The number of ether oxygens (including phenoxy) is 1. The van der Waals surface area contributed by atoms with Gasteiger partial charge in [-0.2, -0.15) is 10.4 Å². The molecule has 1 heterocycles. The van der Waals surface area contributed by atoms with Crippen LogP contribution in [0.5, 0.6) is 5.88 Å². The Morgan fingerprint density at radius 1 is 1.57 bits per heavy atom. The largest absolute Gasteiger partial charge is 0.476 e. The minimum absolute atomic E-state index is 0.357. The molecule has 1 aromatic heterocycles. The summed E-state index contributed by atoms with van der Waals surface area (Å²) in [5, 5.41) is 16.2.